The van der Waals surface area contributed by atoms with Crippen molar-refractivity contribution >= 4 is 23.6 Å². The van der Waals surface area contributed by atoms with Crippen molar-refractivity contribution in [1.29, 1.82) is 0 Å². The van der Waals surface area contributed by atoms with Crippen LogP contribution in [-0.4, -0.2) is 49.9 Å². The van der Waals surface area contributed by atoms with Gasteiger partial charge in [-0.05, 0) is 76.5 Å². The summed E-state index contributed by atoms with van der Waals surface area (Å²) in [5, 5.41) is 20.9. The minimum absolute atomic E-state index is 0.0134. The van der Waals surface area contributed by atoms with E-state index < -0.39 is 28.7 Å². The number of aromatic nitrogens is 4. The third-order valence-corrected chi connectivity index (χ3v) is 8.87. The van der Waals surface area contributed by atoms with Crippen molar-refractivity contribution < 1.29 is 19.0 Å². The van der Waals surface area contributed by atoms with Gasteiger partial charge >= 0.3 is 5.97 Å². The van der Waals surface area contributed by atoms with Crippen LogP contribution in [0, 0.1) is 41.8 Å². The number of esters is 1. The number of aliphatic hydroxyl groups is 1. The molecule has 9 nitrogen and oxygen atoms in total. The van der Waals surface area contributed by atoms with E-state index in [2.05, 4.69) is 25.5 Å². The Hall–Kier alpha value is -2.75. The highest BCUT2D eigenvalue weighted by atomic mass is 19.1. The number of H-pyrrole nitrogens is 1. The molecule has 2 unspecified atom stereocenters. The second-order valence-corrected chi connectivity index (χ2v) is 12.1. The summed E-state index contributed by atoms with van der Waals surface area (Å²) >= 11 is 0. The summed E-state index contributed by atoms with van der Waals surface area (Å²) in [6, 6.07) is 1.86. The maximum Gasteiger partial charge on any atom is 0.318 e. The highest BCUT2D eigenvalue weighted by Crippen LogP contribution is 2.57. The summed E-state index contributed by atoms with van der Waals surface area (Å²) in [4.78, 5) is 23.9. The zero-order valence-electron chi connectivity index (χ0n) is 21.9. The van der Waals surface area contributed by atoms with Crippen molar-refractivity contribution in [3.05, 3.63) is 17.6 Å². The van der Waals surface area contributed by atoms with Crippen LogP contribution in [0.4, 0.5) is 22.0 Å². The van der Waals surface area contributed by atoms with Crippen molar-refractivity contribution in [2.45, 2.75) is 78.4 Å². The Bertz CT molecular complexity index is 1150. The number of halogens is 1. The van der Waals surface area contributed by atoms with Crippen LogP contribution in [-0.2, 0) is 4.79 Å². The summed E-state index contributed by atoms with van der Waals surface area (Å²) in [6.45, 7) is 9.23. The van der Waals surface area contributed by atoms with Crippen LogP contribution in [0.5, 0.6) is 5.88 Å². The number of anilines is 3. The molecule has 0 radical (unpaired) electrons. The molecule has 3 N–H and O–H groups in total. The largest absolute Gasteiger partial charge is 0.404 e. The predicted octanol–water partition coefficient (Wildman–Crippen LogP) is 4.35. The Labute approximate surface area is 211 Å². The van der Waals surface area contributed by atoms with Crippen LogP contribution in [0.15, 0.2) is 6.07 Å². The number of nitrogens with one attached hydrogen (secondary N) is 2. The normalized spacial score (nSPS) is 29.0. The quantitative estimate of drug-likeness (QED) is 0.481. The molecular formula is C26H37FN6O3. The van der Waals surface area contributed by atoms with Gasteiger partial charge in [-0.2, -0.15) is 19.5 Å². The third kappa shape index (κ3) is 4.33. The lowest BCUT2D eigenvalue weighted by atomic mass is 9.52. The van der Waals surface area contributed by atoms with Gasteiger partial charge in [0.2, 0.25) is 11.8 Å². The number of nitrogens with zero attached hydrogens (tertiary/aromatic N) is 4. The summed E-state index contributed by atoms with van der Waals surface area (Å²) in [6.07, 6.45) is 4.55. The number of aromatic amines is 1. The molecule has 2 atom stereocenters. The minimum Gasteiger partial charge on any atom is -0.404 e. The van der Waals surface area contributed by atoms with Gasteiger partial charge in [0.25, 0.3) is 5.88 Å². The fourth-order valence-corrected chi connectivity index (χ4v) is 6.50. The highest BCUT2D eigenvalue weighted by molar-refractivity contribution is 5.78. The highest BCUT2D eigenvalue weighted by Gasteiger charge is 2.56. The number of aryl methyl sites for hydroxylation is 1. The zero-order chi connectivity index (χ0) is 26.0. The molecule has 4 aliphatic carbocycles. The van der Waals surface area contributed by atoms with E-state index in [1.165, 1.54) is 0 Å². The monoisotopic (exact) mass is 500 g/mol. The number of rotatable bonds is 7. The van der Waals surface area contributed by atoms with E-state index in [1.807, 2.05) is 32.7 Å². The van der Waals surface area contributed by atoms with Crippen LogP contribution in [0.2, 0.25) is 0 Å². The molecule has 4 bridgehead atoms. The molecule has 4 fully saturated rings. The van der Waals surface area contributed by atoms with Gasteiger partial charge in [0, 0.05) is 24.8 Å². The molecule has 36 heavy (non-hydrogen) atoms. The summed E-state index contributed by atoms with van der Waals surface area (Å²) in [5.74, 6) is -0.0545. The standard InChI is InChI=1S/C26H37FN6O3/c1-13(2)25(4,5)23(34)36-22-19(27)21(28-18-7-14(3)31-32-18)29-24(30-22)33(6)20-16-8-15-9-17(20)12-26(35,10-15)11-16/h7,13,15-17,20,35H,8-12H2,1-6H3,(H2,28,29,30,31,32). The Morgan fingerprint density at radius 3 is 2.50 bits per heavy atom. The molecule has 10 heteroatoms. The van der Waals surface area contributed by atoms with Crippen LogP contribution in [0.1, 0.15) is 65.5 Å². The molecule has 4 aliphatic rings. The lowest BCUT2D eigenvalue weighted by Gasteiger charge is -2.59. The molecule has 0 aliphatic heterocycles. The van der Waals surface area contributed by atoms with Crippen LogP contribution in [0.3, 0.4) is 0 Å². The van der Waals surface area contributed by atoms with Gasteiger partial charge in [-0.25, -0.2) is 0 Å². The predicted molar refractivity (Wildman–Crippen MR) is 134 cm³/mol. The Morgan fingerprint density at radius 2 is 1.94 bits per heavy atom. The molecule has 2 heterocycles. The van der Waals surface area contributed by atoms with Crippen molar-refractivity contribution in [3.8, 4) is 5.88 Å². The van der Waals surface area contributed by atoms with Crippen LogP contribution in [0.25, 0.3) is 0 Å². The SMILES string of the molecule is Cc1cc(Nc2nc(N(C)C3C4CC5CC3CC(O)(C5)C4)nc(OC(=O)C(C)(C)C(C)C)c2F)n[nH]1. The topological polar surface area (TPSA) is 116 Å². The zero-order valence-corrected chi connectivity index (χ0v) is 21.9. The number of hydrogen-bond acceptors (Lipinski definition) is 8. The summed E-state index contributed by atoms with van der Waals surface area (Å²) in [5.41, 5.74) is -0.584. The molecule has 0 spiro atoms. The molecule has 4 saturated carbocycles. The first-order valence-corrected chi connectivity index (χ1v) is 12.9. The van der Waals surface area contributed by atoms with Crippen molar-refractivity contribution in [3.63, 3.8) is 0 Å². The second kappa shape index (κ2) is 8.68. The van der Waals surface area contributed by atoms with E-state index >= 15 is 4.39 Å². The lowest BCUT2D eigenvalue weighted by Crippen LogP contribution is -2.61. The van der Waals surface area contributed by atoms with Crippen molar-refractivity contribution in [2.24, 2.45) is 29.1 Å². The number of ether oxygens (including phenoxy) is 1. The Morgan fingerprint density at radius 1 is 1.28 bits per heavy atom. The molecule has 0 amide bonds. The molecule has 196 valence electrons. The van der Waals surface area contributed by atoms with E-state index in [-0.39, 0.29) is 23.7 Å². The van der Waals surface area contributed by atoms with Gasteiger partial charge in [0.15, 0.2) is 11.6 Å². The van der Waals surface area contributed by atoms with E-state index in [0.717, 1.165) is 37.8 Å². The average Bonchev–Trinajstić information content (AvgIpc) is 3.19. The van der Waals surface area contributed by atoms with Gasteiger partial charge in [0.05, 0.1) is 11.0 Å². The van der Waals surface area contributed by atoms with Gasteiger partial charge in [0.1, 0.15) is 0 Å². The Balaban J connectivity index is 1.50. The number of hydrogen-bond donors (Lipinski definition) is 3. The van der Waals surface area contributed by atoms with Gasteiger partial charge in [-0.3, -0.25) is 9.89 Å². The van der Waals surface area contributed by atoms with E-state index in [0.29, 0.717) is 23.6 Å². The number of carbonyl (C=O) groups is 1. The van der Waals surface area contributed by atoms with E-state index in [1.54, 1.807) is 19.9 Å². The van der Waals surface area contributed by atoms with Gasteiger partial charge < -0.3 is 20.1 Å². The van der Waals surface area contributed by atoms with Gasteiger partial charge in [-0.1, -0.05) is 13.8 Å². The molecule has 0 saturated heterocycles. The maximum atomic E-state index is 15.6. The summed E-state index contributed by atoms with van der Waals surface area (Å²) < 4.78 is 21.2. The van der Waals surface area contributed by atoms with Gasteiger partial charge in [-0.15, -0.1) is 0 Å². The molecule has 2 aromatic heterocycles. The maximum absolute atomic E-state index is 15.6. The fraction of sp³-hybridized carbons (Fsp3) is 0.692. The van der Waals surface area contributed by atoms with Crippen LogP contribution >= 0.6 is 0 Å². The van der Waals surface area contributed by atoms with Crippen LogP contribution < -0.4 is 15.0 Å². The minimum atomic E-state index is -0.847. The molecule has 0 aromatic carbocycles. The van der Waals surface area contributed by atoms with E-state index in [9.17, 15) is 9.90 Å². The van der Waals surface area contributed by atoms with Crippen molar-refractivity contribution in [2.75, 3.05) is 17.3 Å². The first kappa shape index (κ1) is 24.9. The van der Waals surface area contributed by atoms with E-state index in [4.69, 9.17) is 4.74 Å². The first-order valence-electron chi connectivity index (χ1n) is 12.9. The summed E-state index contributed by atoms with van der Waals surface area (Å²) in [7, 11) is 1.91. The lowest BCUT2D eigenvalue weighted by molar-refractivity contribution is -0.146. The average molecular weight is 501 g/mol. The molecule has 2 aromatic rings. The number of carbonyl (C=O) groups excluding carboxylic acids is 1. The fourth-order valence-electron chi connectivity index (χ4n) is 6.50. The third-order valence-electron chi connectivity index (χ3n) is 8.87. The van der Waals surface area contributed by atoms with Crippen molar-refractivity contribution in [1.82, 2.24) is 20.2 Å². The second-order valence-electron chi connectivity index (χ2n) is 12.1. The molecule has 6 rings (SSSR count). The Kier molecular flexibility index (Phi) is 6.01. The molecular weight excluding hydrogens is 463 g/mol. The first-order chi connectivity index (χ1) is 16.9. The smallest absolute Gasteiger partial charge is 0.318 e.